The Bertz CT molecular complexity index is 803. The highest BCUT2D eigenvalue weighted by Crippen LogP contribution is 2.24. The first-order valence-electron chi connectivity index (χ1n) is 9.83. The van der Waals surface area contributed by atoms with Crippen molar-refractivity contribution < 1.29 is 9.53 Å². The van der Waals surface area contributed by atoms with Crippen molar-refractivity contribution >= 4 is 17.5 Å². The molecule has 3 rings (SSSR count). The summed E-state index contributed by atoms with van der Waals surface area (Å²) in [5.41, 5.74) is 3.04. The standard InChI is InChI=1S/C21H29N5O2/c1-15(2)17-6-4-5-7-18(17)24-20(27)19-14-16(3)23-21(25-19)22-8-9-26-10-12-28-13-11-26/h4-7,14-15H,8-13H2,1-3H3,(H,24,27)(H,22,23,25). The summed E-state index contributed by atoms with van der Waals surface area (Å²) in [7, 11) is 0. The van der Waals surface area contributed by atoms with E-state index in [1.165, 1.54) is 0 Å². The molecular weight excluding hydrogens is 354 g/mol. The maximum atomic E-state index is 12.8. The maximum Gasteiger partial charge on any atom is 0.274 e. The van der Waals surface area contributed by atoms with E-state index in [4.69, 9.17) is 4.74 Å². The van der Waals surface area contributed by atoms with Crippen molar-refractivity contribution in [3.8, 4) is 0 Å². The molecule has 0 saturated carbocycles. The van der Waals surface area contributed by atoms with Crippen molar-refractivity contribution in [2.75, 3.05) is 50.0 Å². The molecule has 7 heteroatoms. The van der Waals surface area contributed by atoms with Gasteiger partial charge in [-0.15, -0.1) is 0 Å². The van der Waals surface area contributed by atoms with Gasteiger partial charge in [-0.05, 0) is 30.5 Å². The molecule has 0 spiro atoms. The molecule has 1 aromatic carbocycles. The van der Waals surface area contributed by atoms with Crippen molar-refractivity contribution in [1.29, 1.82) is 0 Å². The predicted molar refractivity (Wildman–Crippen MR) is 111 cm³/mol. The highest BCUT2D eigenvalue weighted by molar-refractivity contribution is 6.03. The van der Waals surface area contributed by atoms with Gasteiger partial charge < -0.3 is 15.4 Å². The number of carbonyl (C=O) groups excluding carboxylic acids is 1. The number of aromatic nitrogens is 2. The maximum absolute atomic E-state index is 12.8. The van der Waals surface area contributed by atoms with Gasteiger partial charge in [0.1, 0.15) is 5.69 Å². The van der Waals surface area contributed by atoms with Crippen molar-refractivity contribution in [2.24, 2.45) is 0 Å². The largest absolute Gasteiger partial charge is 0.379 e. The van der Waals surface area contributed by atoms with Crippen LogP contribution in [0.5, 0.6) is 0 Å². The van der Waals surface area contributed by atoms with Crippen LogP contribution in [0.25, 0.3) is 0 Å². The Balaban J connectivity index is 1.64. The van der Waals surface area contributed by atoms with Gasteiger partial charge in [0.15, 0.2) is 0 Å². The first-order chi connectivity index (χ1) is 13.5. The summed E-state index contributed by atoms with van der Waals surface area (Å²) in [4.78, 5) is 23.9. The van der Waals surface area contributed by atoms with Gasteiger partial charge in [-0.2, -0.15) is 0 Å². The molecule has 7 nitrogen and oxygen atoms in total. The SMILES string of the molecule is Cc1cc(C(=O)Nc2ccccc2C(C)C)nc(NCCN2CCOCC2)n1. The van der Waals surface area contributed by atoms with Crippen molar-refractivity contribution in [1.82, 2.24) is 14.9 Å². The van der Waals surface area contributed by atoms with Crippen LogP contribution in [0.4, 0.5) is 11.6 Å². The minimum Gasteiger partial charge on any atom is -0.379 e. The van der Waals surface area contributed by atoms with E-state index >= 15 is 0 Å². The average Bonchev–Trinajstić information content (AvgIpc) is 2.68. The fourth-order valence-corrected chi connectivity index (χ4v) is 3.22. The first-order valence-corrected chi connectivity index (χ1v) is 9.83. The van der Waals surface area contributed by atoms with Crippen LogP contribution in [0.3, 0.4) is 0 Å². The van der Waals surface area contributed by atoms with Crippen molar-refractivity contribution in [3.05, 3.63) is 47.3 Å². The number of morpholine rings is 1. The Labute approximate surface area is 166 Å². The third-order valence-electron chi connectivity index (χ3n) is 4.73. The molecule has 1 fully saturated rings. The van der Waals surface area contributed by atoms with E-state index in [-0.39, 0.29) is 5.91 Å². The second-order valence-corrected chi connectivity index (χ2v) is 7.30. The third-order valence-corrected chi connectivity index (χ3v) is 4.73. The fraction of sp³-hybridized carbons (Fsp3) is 0.476. The summed E-state index contributed by atoms with van der Waals surface area (Å²) in [6.07, 6.45) is 0. The van der Waals surface area contributed by atoms with Gasteiger partial charge in [0.05, 0.1) is 13.2 Å². The van der Waals surface area contributed by atoms with Crippen LogP contribution >= 0.6 is 0 Å². The quantitative estimate of drug-likeness (QED) is 0.765. The van der Waals surface area contributed by atoms with Crippen LogP contribution in [-0.4, -0.2) is 60.2 Å². The summed E-state index contributed by atoms with van der Waals surface area (Å²) in [6, 6.07) is 9.56. The number of nitrogens with zero attached hydrogens (tertiary/aromatic N) is 3. The number of hydrogen-bond donors (Lipinski definition) is 2. The highest BCUT2D eigenvalue weighted by Gasteiger charge is 2.14. The number of hydrogen-bond acceptors (Lipinski definition) is 6. The van der Waals surface area contributed by atoms with Gasteiger partial charge >= 0.3 is 0 Å². The van der Waals surface area contributed by atoms with Crippen molar-refractivity contribution in [3.63, 3.8) is 0 Å². The Hall–Kier alpha value is -2.51. The van der Waals surface area contributed by atoms with Crippen molar-refractivity contribution in [2.45, 2.75) is 26.7 Å². The average molecular weight is 383 g/mol. The fourth-order valence-electron chi connectivity index (χ4n) is 3.22. The van der Waals surface area contributed by atoms with E-state index in [1.807, 2.05) is 31.2 Å². The van der Waals surface area contributed by atoms with Crippen LogP contribution in [0, 0.1) is 6.92 Å². The molecule has 0 bridgehead atoms. The lowest BCUT2D eigenvalue weighted by molar-refractivity contribution is 0.0398. The Kier molecular flexibility index (Phi) is 6.95. The van der Waals surface area contributed by atoms with E-state index in [0.717, 1.165) is 56.3 Å². The minimum absolute atomic E-state index is 0.227. The van der Waals surface area contributed by atoms with E-state index in [2.05, 4.69) is 39.3 Å². The molecule has 1 aliphatic heterocycles. The summed E-state index contributed by atoms with van der Waals surface area (Å²) in [5.74, 6) is 0.575. The van der Waals surface area contributed by atoms with Crippen LogP contribution in [0.15, 0.2) is 30.3 Å². The van der Waals surface area contributed by atoms with Crippen LogP contribution in [-0.2, 0) is 4.74 Å². The number of para-hydroxylation sites is 1. The monoisotopic (exact) mass is 383 g/mol. The number of ether oxygens (including phenoxy) is 1. The Morgan fingerprint density at radius 2 is 1.96 bits per heavy atom. The summed E-state index contributed by atoms with van der Waals surface area (Å²) >= 11 is 0. The van der Waals surface area contributed by atoms with Gasteiger partial charge in [-0.25, -0.2) is 9.97 Å². The predicted octanol–water partition coefficient (Wildman–Crippen LogP) is 2.90. The van der Waals surface area contributed by atoms with E-state index in [1.54, 1.807) is 6.07 Å². The molecule has 2 heterocycles. The molecule has 1 saturated heterocycles. The van der Waals surface area contributed by atoms with Crippen LogP contribution in [0.2, 0.25) is 0 Å². The van der Waals surface area contributed by atoms with Crippen LogP contribution in [0.1, 0.15) is 41.5 Å². The van der Waals surface area contributed by atoms with E-state index in [9.17, 15) is 4.79 Å². The van der Waals surface area contributed by atoms with E-state index < -0.39 is 0 Å². The van der Waals surface area contributed by atoms with Gasteiger partial charge in [0.2, 0.25) is 5.95 Å². The molecule has 1 aliphatic rings. The Morgan fingerprint density at radius 1 is 1.21 bits per heavy atom. The van der Waals surface area contributed by atoms with Gasteiger partial charge in [-0.1, -0.05) is 32.0 Å². The topological polar surface area (TPSA) is 79.4 Å². The zero-order chi connectivity index (χ0) is 19.9. The highest BCUT2D eigenvalue weighted by atomic mass is 16.5. The second kappa shape index (κ2) is 9.61. The minimum atomic E-state index is -0.227. The summed E-state index contributed by atoms with van der Waals surface area (Å²) in [5, 5.41) is 6.23. The molecule has 2 N–H and O–H groups in total. The Morgan fingerprint density at radius 3 is 2.71 bits per heavy atom. The molecule has 0 radical (unpaired) electrons. The lowest BCUT2D eigenvalue weighted by Crippen LogP contribution is -2.39. The number of amides is 1. The van der Waals surface area contributed by atoms with Gasteiger partial charge in [0, 0.05) is 37.6 Å². The number of anilines is 2. The zero-order valence-corrected chi connectivity index (χ0v) is 16.9. The molecule has 1 aromatic heterocycles. The number of aryl methyl sites for hydroxylation is 1. The third kappa shape index (κ3) is 5.50. The molecular formula is C21H29N5O2. The summed E-state index contributed by atoms with van der Waals surface area (Å²) in [6.45, 7) is 11.1. The number of nitrogens with one attached hydrogen (secondary N) is 2. The van der Waals surface area contributed by atoms with E-state index in [0.29, 0.717) is 17.6 Å². The molecule has 150 valence electrons. The lowest BCUT2D eigenvalue weighted by Gasteiger charge is -2.26. The molecule has 0 unspecified atom stereocenters. The smallest absolute Gasteiger partial charge is 0.274 e. The molecule has 2 aromatic rings. The molecule has 0 atom stereocenters. The first kappa shape index (κ1) is 20.2. The molecule has 28 heavy (non-hydrogen) atoms. The molecule has 1 amide bonds. The number of rotatable bonds is 7. The number of benzene rings is 1. The van der Waals surface area contributed by atoms with Gasteiger partial charge in [0.25, 0.3) is 5.91 Å². The molecule has 0 aliphatic carbocycles. The zero-order valence-electron chi connectivity index (χ0n) is 16.9. The lowest BCUT2D eigenvalue weighted by atomic mass is 10.0. The summed E-state index contributed by atoms with van der Waals surface area (Å²) < 4.78 is 5.36. The number of carbonyl (C=O) groups is 1. The van der Waals surface area contributed by atoms with Gasteiger partial charge in [-0.3, -0.25) is 9.69 Å². The van der Waals surface area contributed by atoms with Crippen LogP contribution < -0.4 is 10.6 Å². The second-order valence-electron chi connectivity index (χ2n) is 7.30. The normalized spacial score (nSPS) is 14.9.